The molecule has 1 fully saturated rings. The number of rotatable bonds is 2. The molecule has 0 aliphatic carbocycles. The Balaban J connectivity index is 2.02. The minimum Gasteiger partial charge on any atom is -0.488 e. The van der Waals surface area contributed by atoms with Gasteiger partial charge in [-0.3, -0.25) is 0 Å². The molecule has 1 saturated heterocycles. The monoisotopic (exact) mass is 275 g/mol. The van der Waals surface area contributed by atoms with Crippen molar-refractivity contribution in [2.75, 3.05) is 13.1 Å². The molecule has 0 saturated carbocycles. The molecule has 2 unspecified atom stereocenters. The maximum absolute atomic E-state index is 12.4. The molecule has 1 aliphatic rings. The van der Waals surface area contributed by atoms with E-state index in [2.05, 4.69) is 5.32 Å². The zero-order chi connectivity index (χ0) is 13.9. The van der Waals surface area contributed by atoms with Crippen LogP contribution in [0.5, 0.6) is 5.75 Å². The summed E-state index contributed by atoms with van der Waals surface area (Å²) in [6.07, 6.45) is -4.12. The Labute approximate surface area is 109 Å². The Hall–Kier alpha value is -1.27. The molecule has 2 atom stereocenters. The fraction of sp³-hybridized carbons (Fsp3) is 0.538. The molecule has 2 rings (SSSR count). The van der Waals surface area contributed by atoms with Crippen LogP contribution in [0.25, 0.3) is 0 Å². The number of alkyl halides is 3. The molecule has 0 spiro atoms. The summed E-state index contributed by atoms with van der Waals surface area (Å²) in [4.78, 5) is 0. The van der Waals surface area contributed by atoms with Gasteiger partial charge in [-0.1, -0.05) is 0 Å². The van der Waals surface area contributed by atoms with Gasteiger partial charge in [0.25, 0.3) is 0 Å². The van der Waals surface area contributed by atoms with E-state index in [1.807, 2.05) is 0 Å². The topological polar surface area (TPSA) is 41.5 Å². The number of nitrogens with one attached hydrogen (secondary N) is 1. The lowest BCUT2D eigenvalue weighted by Crippen LogP contribution is -2.31. The van der Waals surface area contributed by atoms with Crippen molar-refractivity contribution in [3.8, 4) is 5.75 Å². The van der Waals surface area contributed by atoms with Gasteiger partial charge in [0.05, 0.1) is 11.7 Å². The van der Waals surface area contributed by atoms with E-state index in [1.54, 1.807) is 0 Å². The summed E-state index contributed by atoms with van der Waals surface area (Å²) in [6, 6.07) is 4.54. The van der Waals surface area contributed by atoms with Crippen LogP contribution in [0.1, 0.15) is 18.4 Å². The average molecular weight is 275 g/mol. The van der Waals surface area contributed by atoms with Crippen LogP contribution in [0.2, 0.25) is 0 Å². The molecule has 19 heavy (non-hydrogen) atoms. The Morgan fingerprint density at radius 2 is 1.74 bits per heavy atom. The SMILES string of the molecule is OC1CCNCCC1Oc1ccc(C(F)(F)F)cc1. The third kappa shape index (κ3) is 3.84. The van der Waals surface area contributed by atoms with Gasteiger partial charge in [-0.25, -0.2) is 0 Å². The molecule has 0 radical (unpaired) electrons. The molecule has 1 aromatic rings. The molecule has 3 nitrogen and oxygen atoms in total. The van der Waals surface area contributed by atoms with Crippen LogP contribution in [-0.4, -0.2) is 30.4 Å². The maximum Gasteiger partial charge on any atom is 0.416 e. The van der Waals surface area contributed by atoms with Crippen LogP contribution in [0, 0.1) is 0 Å². The molecule has 1 heterocycles. The summed E-state index contributed by atoms with van der Waals surface area (Å²) in [5.74, 6) is 0.346. The van der Waals surface area contributed by atoms with Gasteiger partial charge in [0.15, 0.2) is 0 Å². The Kier molecular flexibility index (Phi) is 4.31. The minimum atomic E-state index is -4.34. The summed E-state index contributed by atoms with van der Waals surface area (Å²) < 4.78 is 42.8. The van der Waals surface area contributed by atoms with Crippen molar-refractivity contribution in [2.24, 2.45) is 0 Å². The van der Waals surface area contributed by atoms with Gasteiger partial charge >= 0.3 is 6.18 Å². The second-order valence-electron chi connectivity index (χ2n) is 4.57. The van der Waals surface area contributed by atoms with E-state index < -0.39 is 17.8 Å². The molecule has 1 aromatic carbocycles. The Morgan fingerprint density at radius 1 is 1.11 bits per heavy atom. The standard InChI is InChI=1S/C13H16F3NO2/c14-13(15,16)9-1-3-10(4-2-9)19-12-6-8-17-7-5-11(12)18/h1-4,11-12,17-18H,5-8H2. The summed E-state index contributed by atoms with van der Waals surface area (Å²) in [5, 5.41) is 13.0. The second kappa shape index (κ2) is 5.79. The molecule has 0 amide bonds. The van der Waals surface area contributed by atoms with Gasteiger partial charge in [-0.15, -0.1) is 0 Å². The molecule has 2 N–H and O–H groups in total. The number of halogens is 3. The van der Waals surface area contributed by atoms with Crippen molar-refractivity contribution < 1.29 is 23.0 Å². The first-order chi connectivity index (χ1) is 8.97. The number of benzene rings is 1. The summed E-state index contributed by atoms with van der Waals surface area (Å²) in [7, 11) is 0. The lowest BCUT2D eigenvalue weighted by molar-refractivity contribution is -0.137. The van der Waals surface area contributed by atoms with E-state index in [-0.39, 0.29) is 6.10 Å². The van der Waals surface area contributed by atoms with Crippen molar-refractivity contribution in [1.29, 1.82) is 0 Å². The zero-order valence-corrected chi connectivity index (χ0v) is 10.3. The molecule has 6 heteroatoms. The lowest BCUT2D eigenvalue weighted by Gasteiger charge is -2.21. The van der Waals surface area contributed by atoms with Gasteiger partial charge in [-0.05, 0) is 50.2 Å². The smallest absolute Gasteiger partial charge is 0.416 e. The van der Waals surface area contributed by atoms with E-state index in [9.17, 15) is 18.3 Å². The van der Waals surface area contributed by atoms with Gasteiger partial charge < -0.3 is 15.2 Å². The fourth-order valence-corrected chi connectivity index (χ4v) is 2.03. The normalized spacial score (nSPS) is 24.8. The first-order valence-electron chi connectivity index (χ1n) is 6.19. The van der Waals surface area contributed by atoms with Crippen molar-refractivity contribution in [1.82, 2.24) is 5.32 Å². The van der Waals surface area contributed by atoms with Crippen molar-refractivity contribution >= 4 is 0 Å². The molecule has 0 bridgehead atoms. The lowest BCUT2D eigenvalue weighted by atomic mass is 10.1. The van der Waals surface area contributed by atoms with Gasteiger partial charge in [0.1, 0.15) is 11.9 Å². The van der Waals surface area contributed by atoms with E-state index >= 15 is 0 Å². The van der Waals surface area contributed by atoms with Crippen molar-refractivity contribution in [3.05, 3.63) is 29.8 Å². The first kappa shape index (κ1) is 14.1. The molecule has 106 valence electrons. The third-order valence-corrected chi connectivity index (χ3v) is 3.12. The summed E-state index contributed by atoms with van der Waals surface area (Å²) in [5.41, 5.74) is -0.706. The predicted molar refractivity (Wildman–Crippen MR) is 64.0 cm³/mol. The molecular weight excluding hydrogens is 259 g/mol. The zero-order valence-electron chi connectivity index (χ0n) is 10.3. The highest BCUT2D eigenvalue weighted by molar-refractivity contribution is 5.29. The number of aliphatic hydroxyl groups is 1. The average Bonchev–Trinajstić information content (AvgIpc) is 2.55. The molecular formula is C13H16F3NO2. The van der Waals surface area contributed by atoms with Crippen LogP contribution in [0.4, 0.5) is 13.2 Å². The molecule has 1 aliphatic heterocycles. The van der Waals surface area contributed by atoms with Crippen LogP contribution in [0.15, 0.2) is 24.3 Å². The predicted octanol–water partition coefficient (Wildman–Crippen LogP) is 2.20. The number of hydrogen-bond acceptors (Lipinski definition) is 3. The second-order valence-corrected chi connectivity index (χ2v) is 4.57. The first-order valence-corrected chi connectivity index (χ1v) is 6.19. The van der Waals surface area contributed by atoms with Crippen LogP contribution in [-0.2, 0) is 6.18 Å². The number of hydrogen-bond donors (Lipinski definition) is 2. The largest absolute Gasteiger partial charge is 0.488 e. The summed E-state index contributed by atoms with van der Waals surface area (Å²) >= 11 is 0. The highest BCUT2D eigenvalue weighted by atomic mass is 19.4. The quantitative estimate of drug-likeness (QED) is 0.869. The van der Waals surface area contributed by atoms with Crippen LogP contribution >= 0.6 is 0 Å². The fourth-order valence-electron chi connectivity index (χ4n) is 2.03. The van der Waals surface area contributed by atoms with Crippen LogP contribution < -0.4 is 10.1 Å². The highest BCUT2D eigenvalue weighted by Gasteiger charge is 2.30. The van der Waals surface area contributed by atoms with E-state index in [0.717, 1.165) is 18.7 Å². The molecule has 0 aromatic heterocycles. The number of aliphatic hydroxyl groups excluding tert-OH is 1. The van der Waals surface area contributed by atoms with Gasteiger partial charge in [-0.2, -0.15) is 13.2 Å². The van der Waals surface area contributed by atoms with E-state index in [1.165, 1.54) is 12.1 Å². The maximum atomic E-state index is 12.4. The van der Waals surface area contributed by atoms with Crippen molar-refractivity contribution in [3.63, 3.8) is 0 Å². The number of ether oxygens (including phenoxy) is 1. The van der Waals surface area contributed by atoms with Gasteiger partial charge in [0, 0.05) is 0 Å². The third-order valence-electron chi connectivity index (χ3n) is 3.12. The van der Waals surface area contributed by atoms with Gasteiger partial charge in [0.2, 0.25) is 0 Å². The van der Waals surface area contributed by atoms with Crippen LogP contribution in [0.3, 0.4) is 0 Å². The Morgan fingerprint density at radius 3 is 2.37 bits per heavy atom. The van der Waals surface area contributed by atoms with Crippen molar-refractivity contribution in [2.45, 2.75) is 31.2 Å². The minimum absolute atomic E-state index is 0.346. The Bertz CT molecular complexity index is 405. The van der Waals surface area contributed by atoms with E-state index in [4.69, 9.17) is 4.74 Å². The van der Waals surface area contributed by atoms with E-state index in [0.29, 0.717) is 25.1 Å². The summed E-state index contributed by atoms with van der Waals surface area (Å²) in [6.45, 7) is 1.44. The highest BCUT2D eigenvalue weighted by Crippen LogP contribution is 2.30.